The van der Waals surface area contributed by atoms with Crippen LogP contribution in [0, 0.1) is 0 Å². The van der Waals surface area contributed by atoms with Crippen LogP contribution in [-0.4, -0.2) is 26.2 Å². The standard InChI is InChI=1S/C15H15N5O/c1-2-7-19(6-1)11-13-12-10-20(8-3-14(12)21-18-13)15-9-16-4-5-17-15/h1-2,4-7,9H,3,8,10-11H2. The molecule has 4 heterocycles. The van der Waals surface area contributed by atoms with Gasteiger partial charge >= 0.3 is 0 Å². The predicted octanol–water partition coefficient (Wildman–Crippen LogP) is 1.88. The van der Waals surface area contributed by atoms with Gasteiger partial charge in [0.2, 0.25) is 0 Å². The summed E-state index contributed by atoms with van der Waals surface area (Å²) < 4.78 is 7.59. The second-order valence-corrected chi connectivity index (χ2v) is 5.12. The van der Waals surface area contributed by atoms with Gasteiger partial charge in [0.15, 0.2) is 0 Å². The lowest BCUT2D eigenvalue weighted by atomic mass is 10.1. The van der Waals surface area contributed by atoms with E-state index in [1.165, 1.54) is 5.56 Å². The van der Waals surface area contributed by atoms with Gasteiger partial charge in [-0.1, -0.05) is 5.16 Å². The number of hydrogen-bond donors (Lipinski definition) is 0. The first-order chi connectivity index (χ1) is 10.4. The minimum atomic E-state index is 0.736. The minimum absolute atomic E-state index is 0.736. The van der Waals surface area contributed by atoms with Gasteiger partial charge in [0.1, 0.15) is 17.3 Å². The van der Waals surface area contributed by atoms with Crippen LogP contribution in [0.2, 0.25) is 0 Å². The molecule has 4 rings (SSSR count). The molecule has 6 nitrogen and oxygen atoms in total. The van der Waals surface area contributed by atoms with Crippen LogP contribution in [-0.2, 0) is 19.5 Å². The Labute approximate surface area is 122 Å². The molecule has 0 bridgehead atoms. The Hall–Kier alpha value is -2.63. The SMILES string of the molecule is c1ccn(Cc2noc3c2CN(c2cnccn2)CC3)c1. The zero-order valence-electron chi connectivity index (χ0n) is 11.5. The van der Waals surface area contributed by atoms with Crippen LogP contribution >= 0.6 is 0 Å². The third kappa shape index (κ3) is 2.29. The molecule has 0 amide bonds. The van der Waals surface area contributed by atoms with Crippen molar-refractivity contribution in [2.24, 2.45) is 0 Å². The van der Waals surface area contributed by atoms with Crippen molar-refractivity contribution in [2.45, 2.75) is 19.5 Å². The lowest BCUT2D eigenvalue weighted by molar-refractivity contribution is 0.371. The summed E-state index contributed by atoms with van der Waals surface area (Å²) in [4.78, 5) is 10.7. The average Bonchev–Trinajstić information content (AvgIpc) is 3.19. The molecule has 6 heteroatoms. The van der Waals surface area contributed by atoms with Gasteiger partial charge in [0, 0.05) is 49.9 Å². The summed E-state index contributed by atoms with van der Waals surface area (Å²) in [6.07, 6.45) is 10.1. The van der Waals surface area contributed by atoms with Crippen molar-refractivity contribution in [2.75, 3.05) is 11.4 Å². The number of nitrogens with zero attached hydrogens (tertiary/aromatic N) is 5. The van der Waals surface area contributed by atoms with Crippen LogP contribution in [0.3, 0.4) is 0 Å². The highest BCUT2D eigenvalue weighted by molar-refractivity contribution is 5.41. The summed E-state index contributed by atoms with van der Waals surface area (Å²) in [6.45, 7) is 2.39. The Morgan fingerprint density at radius 1 is 1.19 bits per heavy atom. The number of anilines is 1. The van der Waals surface area contributed by atoms with Crippen molar-refractivity contribution < 1.29 is 4.52 Å². The summed E-state index contributed by atoms with van der Waals surface area (Å²) in [5.74, 6) is 1.90. The topological polar surface area (TPSA) is 60.0 Å². The molecule has 3 aromatic rings. The Kier molecular flexibility index (Phi) is 2.92. The fourth-order valence-corrected chi connectivity index (χ4v) is 2.69. The normalized spacial score (nSPS) is 14.2. The van der Waals surface area contributed by atoms with Crippen molar-refractivity contribution in [3.63, 3.8) is 0 Å². The highest BCUT2D eigenvalue weighted by Gasteiger charge is 2.24. The lowest BCUT2D eigenvalue weighted by Gasteiger charge is -2.26. The van der Waals surface area contributed by atoms with Crippen molar-refractivity contribution in [1.29, 1.82) is 0 Å². The van der Waals surface area contributed by atoms with Gasteiger partial charge in [-0.15, -0.1) is 0 Å². The molecule has 1 aliphatic heterocycles. The molecule has 0 fully saturated rings. The minimum Gasteiger partial charge on any atom is -0.361 e. The van der Waals surface area contributed by atoms with E-state index in [1.807, 2.05) is 24.5 Å². The first-order valence-corrected chi connectivity index (χ1v) is 6.98. The van der Waals surface area contributed by atoms with Gasteiger partial charge in [0.25, 0.3) is 0 Å². The smallest absolute Gasteiger partial charge is 0.147 e. The van der Waals surface area contributed by atoms with Crippen molar-refractivity contribution in [1.82, 2.24) is 19.7 Å². The zero-order chi connectivity index (χ0) is 14.1. The first-order valence-electron chi connectivity index (χ1n) is 6.98. The van der Waals surface area contributed by atoms with Crippen LogP contribution in [0.15, 0.2) is 47.6 Å². The van der Waals surface area contributed by atoms with Gasteiger partial charge in [-0.3, -0.25) is 4.98 Å². The molecule has 0 aromatic carbocycles. The largest absolute Gasteiger partial charge is 0.361 e. The van der Waals surface area contributed by atoms with E-state index in [0.717, 1.165) is 43.3 Å². The average molecular weight is 281 g/mol. The molecule has 0 aliphatic carbocycles. The summed E-state index contributed by atoms with van der Waals surface area (Å²) in [7, 11) is 0. The summed E-state index contributed by atoms with van der Waals surface area (Å²) in [5.41, 5.74) is 2.18. The van der Waals surface area contributed by atoms with Gasteiger partial charge in [-0.2, -0.15) is 0 Å². The monoisotopic (exact) mass is 281 g/mol. The van der Waals surface area contributed by atoms with E-state index in [0.29, 0.717) is 0 Å². The van der Waals surface area contributed by atoms with Crippen molar-refractivity contribution in [3.8, 4) is 0 Å². The molecule has 0 saturated carbocycles. The quantitative estimate of drug-likeness (QED) is 0.733. The molecule has 21 heavy (non-hydrogen) atoms. The van der Waals surface area contributed by atoms with Crippen LogP contribution in [0.25, 0.3) is 0 Å². The molecule has 0 atom stereocenters. The van der Waals surface area contributed by atoms with Crippen LogP contribution in [0.4, 0.5) is 5.82 Å². The molecular weight excluding hydrogens is 266 g/mol. The fraction of sp³-hybridized carbons (Fsp3) is 0.267. The van der Waals surface area contributed by atoms with Crippen molar-refractivity contribution >= 4 is 5.82 Å². The molecule has 0 N–H and O–H groups in total. The Balaban J connectivity index is 1.60. The predicted molar refractivity (Wildman–Crippen MR) is 76.8 cm³/mol. The number of hydrogen-bond acceptors (Lipinski definition) is 5. The summed E-state index contributed by atoms with van der Waals surface area (Å²) in [5, 5.41) is 4.24. The van der Waals surface area contributed by atoms with Crippen LogP contribution < -0.4 is 4.90 Å². The zero-order valence-corrected chi connectivity index (χ0v) is 11.5. The van der Waals surface area contributed by atoms with E-state index in [1.54, 1.807) is 18.6 Å². The van der Waals surface area contributed by atoms with Gasteiger partial charge < -0.3 is 14.0 Å². The summed E-state index contributed by atoms with van der Waals surface area (Å²) in [6, 6.07) is 4.02. The Bertz CT molecular complexity index is 720. The van der Waals surface area contributed by atoms with E-state index in [-0.39, 0.29) is 0 Å². The third-order valence-corrected chi connectivity index (χ3v) is 3.78. The molecule has 0 radical (unpaired) electrons. The van der Waals surface area contributed by atoms with E-state index in [2.05, 4.69) is 24.6 Å². The van der Waals surface area contributed by atoms with Crippen LogP contribution in [0.5, 0.6) is 0 Å². The maximum Gasteiger partial charge on any atom is 0.147 e. The molecule has 0 spiro atoms. The second-order valence-electron chi connectivity index (χ2n) is 5.12. The third-order valence-electron chi connectivity index (χ3n) is 3.78. The molecule has 0 saturated heterocycles. The molecule has 106 valence electrons. The van der Waals surface area contributed by atoms with E-state index >= 15 is 0 Å². The number of fused-ring (bicyclic) bond motifs is 1. The molecule has 1 aliphatic rings. The maximum atomic E-state index is 5.49. The van der Waals surface area contributed by atoms with E-state index < -0.39 is 0 Å². The highest BCUT2D eigenvalue weighted by atomic mass is 16.5. The van der Waals surface area contributed by atoms with Gasteiger partial charge in [-0.05, 0) is 12.1 Å². The fourth-order valence-electron chi connectivity index (χ4n) is 2.69. The van der Waals surface area contributed by atoms with E-state index in [9.17, 15) is 0 Å². The number of rotatable bonds is 3. The lowest BCUT2D eigenvalue weighted by Crippen LogP contribution is -2.31. The first kappa shape index (κ1) is 12.1. The van der Waals surface area contributed by atoms with Gasteiger partial charge in [-0.25, -0.2) is 4.98 Å². The molecular formula is C15H15N5O. The van der Waals surface area contributed by atoms with E-state index in [4.69, 9.17) is 4.52 Å². The number of aromatic nitrogens is 4. The maximum absolute atomic E-state index is 5.49. The molecule has 3 aromatic heterocycles. The second kappa shape index (κ2) is 5.05. The Morgan fingerprint density at radius 3 is 2.90 bits per heavy atom. The Morgan fingerprint density at radius 2 is 2.10 bits per heavy atom. The van der Waals surface area contributed by atoms with Gasteiger partial charge in [0.05, 0.1) is 12.7 Å². The van der Waals surface area contributed by atoms with Crippen LogP contribution in [0.1, 0.15) is 17.0 Å². The summed E-state index contributed by atoms with van der Waals surface area (Å²) >= 11 is 0. The molecule has 0 unspecified atom stereocenters. The van der Waals surface area contributed by atoms with Crippen molar-refractivity contribution in [3.05, 3.63) is 60.1 Å². The highest BCUT2D eigenvalue weighted by Crippen LogP contribution is 2.25.